The Hall–Kier alpha value is -0.510. The van der Waals surface area contributed by atoms with Gasteiger partial charge in [0.2, 0.25) is 0 Å². The lowest BCUT2D eigenvalue weighted by Crippen LogP contribution is -2.37. The van der Waals surface area contributed by atoms with Crippen molar-refractivity contribution < 1.29 is 0 Å². The van der Waals surface area contributed by atoms with Crippen LogP contribution in [0.1, 0.15) is 33.1 Å². The van der Waals surface area contributed by atoms with E-state index in [0.29, 0.717) is 6.04 Å². The second-order valence-electron chi connectivity index (χ2n) is 5.69. The van der Waals surface area contributed by atoms with Crippen LogP contribution in [0.3, 0.4) is 0 Å². The zero-order valence-corrected chi connectivity index (χ0v) is 12.9. The molecule has 106 valence electrons. The molecule has 19 heavy (non-hydrogen) atoms. The average Bonchev–Trinajstić information content (AvgIpc) is 2.75. The lowest BCUT2D eigenvalue weighted by Gasteiger charge is -2.27. The standard InChI is InChI=1S/C16H26N2S/c1-13-8-9-14(2)18(13)11-10-15(17)12-19-16-6-4-3-5-7-16/h3-7,13-15H,8-12,17H2,1-2H3/t13-,14-,15-/m1/s1. The third-order valence-corrected chi connectivity index (χ3v) is 5.30. The number of nitrogens with two attached hydrogens (primary N) is 1. The minimum absolute atomic E-state index is 0.296. The van der Waals surface area contributed by atoms with Crippen molar-refractivity contribution in [3.63, 3.8) is 0 Å². The van der Waals surface area contributed by atoms with Crippen LogP contribution < -0.4 is 5.73 Å². The summed E-state index contributed by atoms with van der Waals surface area (Å²) in [7, 11) is 0. The van der Waals surface area contributed by atoms with Gasteiger partial charge in [-0.3, -0.25) is 4.90 Å². The van der Waals surface area contributed by atoms with Crippen LogP contribution in [0.25, 0.3) is 0 Å². The number of thioether (sulfide) groups is 1. The predicted octanol–water partition coefficient (Wildman–Crippen LogP) is 3.37. The molecule has 2 nitrogen and oxygen atoms in total. The van der Waals surface area contributed by atoms with E-state index < -0.39 is 0 Å². The summed E-state index contributed by atoms with van der Waals surface area (Å²) in [6, 6.07) is 12.3. The van der Waals surface area contributed by atoms with Crippen LogP contribution in [-0.4, -0.2) is 35.3 Å². The average molecular weight is 278 g/mol. The van der Waals surface area contributed by atoms with Crippen molar-refractivity contribution in [3.8, 4) is 0 Å². The number of rotatable bonds is 6. The van der Waals surface area contributed by atoms with Gasteiger partial charge in [0, 0.05) is 35.3 Å². The van der Waals surface area contributed by atoms with Gasteiger partial charge in [0.05, 0.1) is 0 Å². The molecule has 3 heteroatoms. The van der Waals surface area contributed by atoms with Gasteiger partial charge >= 0.3 is 0 Å². The van der Waals surface area contributed by atoms with E-state index in [4.69, 9.17) is 5.73 Å². The molecule has 0 amide bonds. The number of hydrogen-bond donors (Lipinski definition) is 1. The summed E-state index contributed by atoms with van der Waals surface area (Å²) in [5.74, 6) is 1.01. The van der Waals surface area contributed by atoms with Crippen molar-refractivity contribution in [1.29, 1.82) is 0 Å². The Labute approximate surface area is 121 Å². The monoisotopic (exact) mass is 278 g/mol. The SMILES string of the molecule is C[C@@H]1CC[C@@H](C)N1CC[C@@H](N)CSc1ccccc1. The van der Waals surface area contributed by atoms with Crippen molar-refractivity contribution >= 4 is 11.8 Å². The van der Waals surface area contributed by atoms with Gasteiger partial charge in [-0.2, -0.15) is 0 Å². The highest BCUT2D eigenvalue weighted by Gasteiger charge is 2.26. The predicted molar refractivity (Wildman–Crippen MR) is 84.6 cm³/mol. The minimum atomic E-state index is 0.296. The molecule has 0 radical (unpaired) electrons. The summed E-state index contributed by atoms with van der Waals surface area (Å²) in [6.07, 6.45) is 3.79. The fourth-order valence-corrected chi connectivity index (χ4v) is 3.73. The maximum absolute atomic E-state index is 6.24. The van der Waals surface area contributed by atoms with E-state index in [-0.39, 0.29) is 0 Å². The van der Waals surface area contributed by atoms with Crippen LogP contribution in [0.4, 0.5) is 0 Å². The van der Waals surface area contributed by atoms with Gasteiger partial charge in [-0.25, -0.2) is 0 Å². The summed E-state index contributed by atoms with van der Waals surface area (Å²) >= 11 is 1.87. The molecule has 1 aromatic carbocycles. The number of nitrogens with zero attached hydrogens (tertiary/aromatic N) is 1. The first-order valence-electron chi connectivity index (χ1n) is 7.36. The molecule has 1 aromatic rings. The molecule has 1 fully saturated rings. The first kappa shape index (κ1) is 14.9. The Morgan fingerprint density at radius 1 is 1.21 bits per heavy atom. The minimum Gasteiger partial charge on any atom is -0.327 e. The van der Waals surface area contributed by atoms with Crippen LogP contribution >= 0.6 is 11.8 Å². The Morgan fingerprint density at radius 3 is 2.47 bits per heavy atom. The Balaban J connectivity index is 1.68. The van der Waals surface area contributed by atoms with Crippen LogP contribution in [0.15, 0.2) is 35.2 Å². The van der Waals surface area contributed by atoms with Crippen LogP contribution in [0.2, 0.25) is 0 Å². The van der Waals surface area contributed by atoms with E-state index in [1.807, 2.05) is 11.8 Å². The molecule has 0 saturated carbocycles. The third-order valence-electron chi connectivity index (χ3n) is 4.10. The second-order valence-corrected chi connectivity index (χ2v) is 6.78. The van der Waals surface area contributed by atoms with E-state index in [9.17, 15) is 0 Å². The second kappa shape index (κ2) is 7.32. The number of likely N-dealkylation sites (tertiary alicyclic amines) is 1. The molecule has 0 bridgehead atoms. The lowest BCUT2D eigenvalue weighted by atomic mass is 10.2. The highest BCUT2D eigenvalue weighted by Crippen LogP contribution is 2.24. The molecule has 0 aromatic heterocycles. The Morgan fingerprint density at radius 2 is 1.84 bits per heavy atom. The quantitative estimate of drug-likeness (QED) is 0.809. The first-order valence-corrected chi connectivity index (χ1v) is 8.34. The Kier molecular flexibility index (Phi) is 5.74. The van der Waals surface area contributed by atoms with Gasteiger partial charge in [-0.15, -0.1) is 11.8 Å². The normalized spacial score (nSPS) is 25.6. The summed E-state index contributed by atoms with van der Waals surface area (Å²) in [5, 5.41) is 0. The van der Waals surface area contributed by atoms with Gasteiger partial charge in [0.1, 0.15) is 0 Å². The van der Waals surface area contributed by atoms with Gasteiger partial charge in [-0.1, -0.05) is 18.2 Å². The number of benzene rings is 1. The molecule has 1 aliphatic rings. The van der Waals surface area contributed by atoms with E-state index in [2.05, 4.69) is 49.1 Å². The molecular formula is C16H26N2S. The third kappa shape index (κ3) is 4.51. The van der Waals surface area contributed by atoms with Crippen LogP contribution in [0.5, 0.6) is 0 Å². The smallest absolute Gasteiger partial charge is 0.0146 e. The highest BCUT2D eigenvalue weighted by molar-refractivity contribution is 7.99. The van der Waals surface area contributed by atoms with Gasteiger partial charge in [0.25, 0.3) is 0 Å². The van der Waals surface area contributed by atoms with Crippen molar-refractivity contribution in [1.82, 2.24) is 4.90 Å². The highest BCUT2D eigenvalue weighted by atomic mass is 32.2. The summed E-state index contributed by atoms with van der Waals surface area (Å²) in [4.78, 5) is 3.94. The van der Waals surface area contributed by atoms with E-state index >= 15 is 0 Å². The maximum atomic E-state index is 6.24. The topological polar surface area (TPSA) is 29.3 Å². The van der Waals surface area contributed by atoms with Gasteiger partial charge in [-0.05, 0) is 45.2 Å². The lowest BCUT2D eigenvalue weighted by molar-refractivity contribution is 0.208. The fraction of sp³-hybridized carbons (Fsp3) is 0.625. The molecule has 0 aliphatic carbocycles. The molecule has 0 spiro atoms. The van der Waals surface area contributed by atoms with Crippen molar-refractivity contribution in [3.05, 3.63) is 30.3 Å². The summed E-state index contributed by atoms with van der Waals surface area (Å²) in [5.41, 5.74) is 6.24. The molecule has 3 atom stereocenters. The molecule has 2 rings (SSSR count). The van der Waals surface area contributed by atoms with E-state index in [1.54, 1.807) is 0 Å². The van der Waals surface area contributed by atoms with Crippen LogP contribution in [0, 0.1) is 0 Å². The number of hydrogen-bond acceptors (Lipinski definition) is 3. The summed E-state index contributed by atoms with van der Waals surface area (Å²) in [6.45, 7) is 5.83. The molecular weight excluding hydrogens is 252 g/mol. The first-order chi connectivity index (χ1) is 9.16. The molecule has 1 saturated heterocycles. The largest absolute Gasteiger partial charge is 0.327 e. The molecule has 1 aliphatic heterocycles. The molecule has 2 N–H and O–H groups in total. The zero-order valence-electron chi connectivity index (χ0n) is 12.1. The van der Waals surface area contributed by atoms with Crippen molar-refractivity contribution in [2.45, 2.75) is 56.1 Å². The van der Waals surface area contributed by atoms with Crippen LogP contribution in [-0.2, 0) is 0 Å². The fourth-order valence-electron chi connectivity index (χ4n) is 2.81. The summed E-state index contributed by atoms with van der Waals surface area (Å²) < 4.78 is 0. The van der Waals surface area contributed by atoms with Gasteiger partial charge in [0.15, 0.2) is 0 Å². The van der Waals surface area contributed by atoms with Crippen molar-refractivity contribution in [2.75, 3.05) is 12.3 Å². The van der Waals surface area contributed by atoms with E-state index in [0.717, 1.165) is 30.8 Å². The maximum Gasteiger partial charge on any atom is 0.0146 e. The zero-order chi connectivity index (χ0) is 13.7. The van der Waals surface area contributed by atoms with E-state index in [1.165, 1.54) is 17.7 Å². The van der Waals surface area contributed by atoms with Gasteiger partial charge < -0.3 is 5.73 Å². The Bertz CT molecular complexity index is 358. The van der Waals surface area contributed by atoms with Crippen molar-refractivity contribution in [2.24, 2.45) is 5.73 Å². The molecule has 1 heterocycles. The molecule has 0 unspecified atom stereocenters.